The summed E-state index contributed by atoms with van der Waals surface area (Å²) in [7, 11) is -1.35. The van der Waals surface area contributed by atoms with Crippen LogP contribution in [0.3, 0.4) is 0 Å². The second-order valence-corrected chi connectivity index (χ2v) is 9.05. The van der Waals surface area contributed by atoms with Crippen LogP contribution in [-0.2, 0) is 19.6 Å². The topological polar surface area (TPSA) is 123 Å². The normalized spacial score (nSPS) is 15.5. The number of aliphatic hydroxyl groups excluding tert-OH is 1. The van der Waals surface area contributed by atoms with Crippen molar-refractivity contribution >= 4 is 28.0 Å². The van der Waals surface area contributed by atoms with Crippen molar-refractivity contribution in [2.45, 2.75) is 11.3 Å². The number of fused-ring (bicyclic) bond motifs is 1. The van der Waals surface area contributed by atoms with Crippen LogP contribution in [0.4, 0.5) is 0 Å². The molecule has 0 spiro atoms. The van der Waals surface area contributed by atoms with Gasteiger partial charge < -0.3 is 14.6 Å². The maximum atomic E-state index is 13.3. The minimum atomic E-state index is -4.07. The summed E-state index contributed by atoms with van der Waals surface area (Å²) in [6.07, 6.45) is 1.86. The van der Waals surface area contributed by atoms with Gasteiger partial charge in [0.15, 0.2) is 0 Å². The second kappa shape index (κ2) is 10.0. The summed E-state index contributed by atoms with van der Waals surface area (Å²) in [5.41, 5.74) is 0.0915. The molecule has 2 aromatic carbocycles. The first-order chi connectivity index (χ1) is 15.3. The Morgan fingerprint density at radius 1 is 1.19 bits per heavy atom. The Balaban J connectivity index is 1.95. The van der Waals surface area contributed by atoms with E-state index in [1.165, 1.54) is 38.5 Å². The van der Waals surface area contributed by atoms with Crippen LogP contribution >= 0.6 is 0 Å². The van der Waals surface area contributed by atoms with E-state index in [1.54, 1.807) is 24.3 Å². The standard InChI is InChI=1S/C22H24N2O7S/c1-30-18-8-7-15-11-17(21(26)23-20(15)13-18)14-24(9-4-10-25)32(28,29)19-6-3-5-16(12-19)22(27)31-2/h3,5-8,11-13,17,25H,4,9-10,14H2,1-2H3. The van der Waals surface area contributed by atoms with Crippen molar-refractivity contribution in [2.75, 3.05) is 33.9 Å². The highest BCUT2D eigenvalue weighted by molar-refractivity contribution is 7.89. The fourth-order valence-corrected chi connectivity index (χ4v) is 4.89. The van der Waals surface area contributed by atoms with Crippen molar-refractivity contribution in [1.82, 2.24) is 4.31 Å². The molecular formula is C22H24N2O7S. The lowest BCUT2D eigenvalue weighted by Crippen LogP contribution is -2.42. The molecule has 1 unspecified atom stereocenters. The third-order valence-electron chi connectivity index (χ3n) is 5.03. The summed E-state index contributed by atoms with van der Waals surface area (Å²) in [5, 5.41) is 10.4. The highest BCUT2D eigenvalue weighted by Gasteiger charge is 2.30. The predicted octanol–water partition coefficient (Wildman–Crippen LogP) is 0.112. The highest BCUT2D eigenvalue weighted by atomic mass is 32.2. The van der Waals surface area contributed by atoms with E-state index in [0.29, 0.717) is 16.3 Å². The molecule has 1 aliphatic heterocycles. The molecule has 170 valence electrons. The summed E-state index contributed by atoms with van der Waals surface area (Å²) in [6, 6.07) is 10.6. The number of aliphatic hydroxyl groups is 1. The van der Waals surface area contributed by atoms with Crippen molar-refractivity contribution in [3.63, 3.8) is 0 Å². The maximum absolute atomic E-state index is 13.3. The Morgan fingerprint density at radius 2 is 1.97 bits per heavy atom. The molecule has 0 saturated carbocycles. The molecule has 1 atom stereocenters. The zero-order valence-corrected chi connectivity index (χ0v) is 18.5. The van der Waals surface area contributed by atoms with Gasteiger partial charge in [-0.2, -0.15) is 4.31 Å². The van der Waals surface area contributed by atoms with Gasteiger partial charge in [0.05, 0.1) is 36.0 Å². The molecule has 9 nitrogen and oxygen atoms in total. The van der Waals surface area contributed by atoms with Crippen molar-refractivity contribution < 1.29 is 32.6 Å². The number of carbonyl (C=O) groups is 2. The Hall–Kier alpha value is -3.08. The average Bonchev–Trinajstić information content (AvgIpc) is 2.80. The van der Waals surface area contributed by atoms with Crippen molar-refractivity contribution in [3.05, 3.63) is 58.6 Å². The van der Waals surface area contributed by atoms with Gasteiger partial charge in [-0.3, -0.25) is 4.79 Å². The smallest absolute Gasteiger partial charge is 0.337 e. The quantitative estimate of drug-likeness (QED) is 0.527. The number of carbonyl (C=O) groups excluding carboxylic acids is 2. The zero-order chi connectivity index (χ0) is 23.3. The molecule has 3 rings (SSSR count). The van der Waals surface area contributed by atoms with E-state index in [-0.39, 0.29) is 36.6 Å². The van der Waals surface area contributed by atoms with E-state index >= 15 is 0 Å². The molecule has 1 amide bonds. The lowest BCUT2D eigenvalue weighted by Gasteiger charge is -2.25. The number of methoxy groups -OCH3 is 2. The van der Waals surface area contributed by atoms with E-state index in [9.17, 15) is 23.1 Å². The van der Waals surface area contributed by atoms with E-state index in [2.05, 4.69) is 9.73 Å². The first-order valence-corrected chi connectivity index (χ1v) is 11.3. The molecule has 1 N–H and O–H groups in total. The molecule has 10 heteroatoms. The third-order valence-corrected chi connectivity index (χ3v) is 6.89. The molecule has 1 heterocycles. The largest absolute Gasteiger partial charge is 0.497 e. The van der Waals surface area contributed by atoms with Crippen LogP contribution in [0.5, 0.6) is 5.75 Å². The van der Waals surface area contributed by atoms with Crippen LogP contribution < -0.4 is 15.3 Å². The van der Waals surface area contributed by atoms with Crippen molar-refractivity contribution in [1.29, 1.82) is 0 Å². The molecule has 0 aliphatic carbocycles. The number of hydrogen-bond acceptors (Lipinski definition) is 7. The first kappa shape index (κ1) is 23.6. The Kier molecular flexibility index (Phi) is 7.39. The molecule has 0 radical (unpaired) electrons. The minimum absolute atomic E-state index is 0.00558. The van der Waals surface area contributed by atoms with Gasteiger partial charge >= 0.3 is 5.97 Å². The van der Waals surface area contributed by atoms with Crippen LogP contribution in [0.2, 0.25) is 0 Å². The third kappa shape index (κ3) is 5.04. The van der Waals surface area contributed by atoms with Crippen LogP contribution in [0.1, 0.15) is 16.8 Å². The number of amides is 1. The monoisotopic (exact) mass is 460 g/mol. The Morgan fingerprint density at radius 3 is 2.66 bits per heavy atom. The first-order valence-electron chi connectivity index (χ1n) is 9.88. The zero-order valence-electron chi connectivity index (χ0n) is 17.7. The van der Waals surface area contributed by atoms with E-state index < -0.39 is 27.8 Å². The van der Waals surface area contributed by atoms with E-state index in [0.717, 1.165) is 4.31 Å². The summed E-state index contributed by atoms with van der Waals surface area (Å²) in [4.78, 5) is 28.4. The molecular weight excluding hydrogens is 436 g/mol. The van der Waals surface area contributed by atoms with Gasteiger partial charge in [-0.1, -0.05) is 12.1 Å². The van der Waals surface area contributed by atoms with Crippen LogP contribution in [0.25, 0.3) is 6.08 Å². The maximum Gasteiger partial charge on any atom is 0.337 e. The van der Waals surface area contributed by atoms with E-state index in [4.69, 9.17) is 4.74 Å². The molecule has 0 saturated heterocycles. The number of esters is 1. The molecule has 1 aliphatic rings. The number of nitrogens with zero attached hydrogens (tertiary/aromatic N) is 2. The van der Waals surface area contributed by atoms with Gasteiger partial charge in [0.2, 0.25) is 10.0 Å². The summed E-state index contributed by atoms with van der Waals surface area (Å²) < 4.78 is 37.6. The van der Waals surface area contributed by atoms with Gasteiger partial charge in [0.1, 0.15) is 5.75 Å². The van der Waals surface area contributed by atoms with Crippen molar-refractivity contribution in [2.24, 2.45) is 10.9 Å². The second-order valence-electron chi connectivity index (χ2n) is 7.11. The summed E-state index contributed by atoms with van der Waals surface area (Å²) in [5.74, 6) is -1.37. The SMILES string of the molecule is COC(=O)c1cccc(S(=O)(=O)N(CCCO)CC2C=c3ccc(OC)cc3=NC2=O)c1. The molecule has 0 bridgehead atoms. The van der Waals surface area contributed by atoms with Crippen LogP contribution in [-0.4, -0.2) is 63.6 Å². The van der Waals surface area contributed by atoms with Crippen molar-refractivity contribution in [3.8, 4) is 5.75 Å². The van der Waals surface area contributed by atoms with Gasteiger partial charge in [-0.05, 0) is 42.0 Å². The highest BCUT2D eigenvalue weighted by Crippen LogP contribution is 2.21. The fraction of sp³-hybridized carbons (Fsp3) is 0.318. The number of hydrogen-bond donors (Lipinski definition) is 1. The molecule has 0 fully saturated rings. The van der Waals surface area contributed by atoms with Crippen LogP contribution in [0.15, 0.2) is 52.4 Å². The number of benzene rings is 2. The predicted molar refractivity (Wildman–Crippen MR) is 115 cm³/mol. The van der Waals surface area contributed by atoms with Gasteiger partial charge in [0.25, 0.3) is 5.91 Å². The average molecular weight is 461 g/mol. The Labute approximate surface area is 185 Å². The van der Waals surface area contributed by atoms with Gasteiger partial charge in [-0.15, -0.1) is 0 Å². The lowest BCUT2D eigenvalue weighted by atomic mass is 10.0. The molecule has 2 aromatic rings. The summed E-state index contributed by atoms with van der Waals surface area (Å²) in [6.45, 7) is -0.378. The van der Waals surface area contributed by atoms with Crippen LogP contribution in [0, 0.1) is 5.92 Å². The number of rotatable bonds is 9. The summed E-state index contributed by atoms with van der Waals surface area (Å²) >= 11 is 0. The number of sulfonamides is 1. The van der Waals surface area contributed by atoms with Gasteiger partial charge in [-0.25, -0.2) is 18.2 Å². The van der Waals surface area contributed by atoms with E-state index in [1.807, 2.05) is 0 Å². The number of ether oxygens (including phenoxy) is 2. The Bertz CT molecular complexity index is 1240. The lowest BCUT2D eigenvalue weighted by molar-refractivity contribution is -0.120. The fourth-order valence-electron chi connectivity index (χ4n) is 3.34. The minimum Gasteiger partial charge on any atom is -0.497 e. The molecule has 0 aromatic heterocycles. The molecule has 32 heavy (non-hydrogen) atoms. The van der Waals surface area contributed by atoms with Gasteiger partial charge in [0, 0.05) is 25.8 Å².